The Balaban J connectivity index is 2.52. The summed E-state index contributed by atoms with van der Waals surface area (Å²) in [5.41, 5.74) is 7.88. The highest BCUT2D eigenvalue weighted by atomic mass is 32.1. The molecule has 0 aliphatic heterocycles. The molecule has 2 heterocycles. The van der Waals surface area contributed by atoms with E-state index in [1.807, 2.05) is 16.8 Å². The lowest BCUT2D eigenvalue weighted by Gasteiger charge is -1.96. The SMILES string of the molecule is N=C(N)c1cn[nH]c1-c1ccsc1. The first kappa shape index (κ1) is 8.00. The van der Waals surface area contributed by atoms with Gasteiger partial charge in [-0.25, -0.2) is 0 Å². The van der Waals surface area contributed by atoms with Crippen LogP contribution in [0.4, 0.5) is 0 Å². The van der Waals surface area contributed by atoms with Crippen LogP contribution in [0.15, 0.2) is 23.0 Å². The largest absolute Gasteiger partial charge is 0.384 e. The number of nitrogen functional groups attached to an aromatic ring is 1. The molecule has 66 valence electrons. The highest BCUT2D eigenvalue weighted by Gasteiger charge is 2.09. The molecule has 13 heavy (non-hydrogen) atoms. The molecule has 0 bridgehead atoms. The average Bonchev–Trinajstić information content (AvgIpc) is 2.74. The zero-order valence-corrected chi connectivity index (χ0v) is 7.56. The second-order valence-corrected chi connectivity index (χ2v) is 3.36. The van der Waals surface area contributed by atoms with Gasteiger partial charge < -0.3 is 5.73 Å². The fraction of sp³-hybridized carbons (Fsp3) is 0. The van der Waals surface area contributed by atoms with Crippen molar-refractivity contribution in [2.75, 3.05) is 0 Å². The maximum Gasteiger partial charge on any atom is 0.126 e. The molecule has 0 amide bonds. The van der Waals surface area contributed by atoms with Crippen molar-refractivity contribution in [3.05, 3.63) is 28.6 Å². The predicted octanol–water partition coefficient (Wildman–Crippen LogP) is 1.42. The summed E-state index contributed by atoms with van der Waals surface area (Å²) in [4.78, 5) is 0. The van der Waals surface area contributed by atoms with Crippen LogP contribution in [0, 0.1) is 5.41 Å². The number of aromatic amines is 1. The van der Waals surface area contributed by atoms with Gasteiger partial charge in [0.05, 0.1) is 17.5 Å². The number of nitrogens with one attached hydrogen (secondary N) is 2. The van der Waals surface area contributed by atoms with E-state index in [0.717, 1.165) is 11.3 Å². The first-order valence-electron chi connectivity index (χ1n) is 3.69. The van der Waals surface area contributed by atoms with E-state index in [1.165, 1.54) is 0 Å². The summed E-state index contributed by atoms with van der Waals surface area (Å²) in [5, 5.41) is 18.0. The van der Waals surface area contributed by atoms with Crippen LogP contribution >= 0.6 is 11.3 Å². The van der Waals surface area contributed by atoms with Gasteiger partial charge in [-0.15, -0.1) is 0 Å². The van der Waals surface area contributed by atoms with Crippen molar-refractivity contribution in [3.8, 4) is 11.3 Å². The summed E-state index contributed by atoms with van der Waals surface area (Å²) in [5.74, 6) is 0.0370. The summed E-state index contributed by atoms with van der Waals surface area (Å²) < 4.78 is 0. The van der Waals surface area contributed by atoms with Gasteiger partial charge >= 0.3 is 0 Å². The third-order valence-corrected chi connectivity index (χ3v) is 2.42. The molecule has 2 aromatic rings. The molecule has 0 spiro atoms. The van der Waals surface area contributed by atoms with Crippen molar-refractivity contribution >= 4 is 17.2 Å². The van der Waals surface area contributed by atoms with Gasteiger partial charge in [0.25, 0.3) is 0 Å². The number of aromatic nitrogens is 2. The average molecular weight is 192 g/mol. The molecule has 4 N–H and O–H groups in total. The second-order valence-electron chi connectivity index (χ2n) is 2.58. The van der Waals surface area contributed by atoms with Crippen LogP contribution < -0.4 is 5.73 Å². The molecular weight excluding hydrogens is 184 g/mol. The molecule has 0 aliphatic carbocycles. The zero-order chi connectivity index (χ0) is 9.26. The summed E-state index contributed by atoms with van der Waals surface area (Å²) >= 11 is 1.60. The van der Waals surface area contributed by atoms with Crippen LogP contribution in [0.25, 0.3) is 11.3 Å². The zero-order valence-electron chi connectivity index (χ0n) is 6.74. The van der Waals surface area contributed by atoms with E-state index in [2.05, 4.69) is 10.2 Å². The van der Waals surface area contributed by atoms with Gasteiger partial charge in [0.15, 0.2) is 0 Å². The highest BCUT2D eigenvalue weighted by Crippen LogP contribution is 2.22. The Labute approximate surface area is 78.9 Å². The van der Waals surface area contributed by atoms with E-state index >= 15 is 0 Å². The Morgan fingerprint density at radius 3 is 3.08 bits per heavy atom. The highest BCUT2D eigenvalue weighted by molar-refractivity contribution is 7.08. The fourth-order valence-corrected chi connectivity index (χ4v) is 1.76. The van der Waals surface area contributed by atoms with Crippen molar-refractivity contribution in [1.29, 1.82) is 5.41 Å². The predicted molar refractivity (Wildman–Crippen MR) is 52.9 cm³/mol. The van der Waals surface area contributed by atoms with Crippen molar-refractivity contribution < 1.29 is 0 Å². The number of thiophene rings is 1. The third-order valence-electron chi connectivity index (χ3n) is 1.74. The van der Waals surface area contributed by atoms with E-state index in [4.69, 9.17) is 11.1 Å². The van der Waals surface area contributed by atoms with Gasteiger partial charge in [-0.2, -0.15) is 16.4 Å². The molecule has 0 aromatic carbocycles. The fourth-order valence-electron chi connectivity index (χ4n) is 1.12. The molecule has 0 saturated heterocycles. The quantitative estimate of drug-likeness (QED) is 0.497. The Morgan fingerprint density at radius 1 is 1.62 bits per heavy atom. The lowest BCUT2D eigenvalue weighted by Crippen LogP contribution is -2.10. The summed E-state index contributed by atoms with van der Waals surface area (Å²) in [6.45, 7) is 0. The first-order chi connectivity index (χ1) is 6.29. The van der Waals surface area contributed by atoms with E-state index < -0.39 is 0 Å². The molecule has 0 fully saturated rings. The minimum Gasteiger partial charge on any atom is -0.384 e. The molecule has 0 radical (unpaired) electrons. The molecule has 2 aromatic heterocycles. The molecule has 2 rings (SSSR count). The van der Waals surface area contributed by atoms with Crippen molar-refractivity contribution in [2.45, 2.75) is 0 Å². The molecular formula is C8H8N4S. The number of nitrogens with zero attached hydrogens (tertiary/aromatic N) is 1. The van der Waals surface area contributed by atoms with Gasteiger partial charge in [0.2, 0.25) is 0 Å². The smallest absolute Gasteiger partial charge is 0.126 e. The Morgan fingerprint density at radius 2 is 2.46 bits per heavy atom. The monoisotopic (exact) mass is 192 g/mol. The number of amidine groups is 1. The van der Waals surface area contributed by atoms with Crippen LogP contribution in [0.3, 0.4) is 0 Å². The number of nitrogens with two attached hydrogens (primary N) is 1. The normalized spacial score (nSPS) is 10.2. The topological polar surface area (TPSA) is 78.6 Å². The first-order valence-corrected chi connectivity index (χ1v) is 4.63. The van der Waals surface area contributed by atoms with Crippen molar-refractivity contribution in [1.82, 2.24) is 10.2 Å². The minimum absolute atomic E-state index is 0.0370. The third kappa shape index (κ3) is 1.33. The number of hydrogen-bond donors (Lipinski definition) is 3. The molecule has 5 heteroatoms. The second kappa shape index (κ2) is 3.02. The van der Waals surface area contributed by atoms with E-state index in [-0.39, 0.29) is 5.84 Å². The Bertz CT molecular complexity index is 415. The van der Waals surface area contributed by atoms with Gasteiger partial charge in [0, 0.05) is 10.9 Å². The Kier molecular flexibility index (Phi) is 1.86. The maximum absolute atomic E-state index is 7.32. The van der Waals surface area contributed by atoms with Crippen LogP contribution in [0.5, 0.6) is 0 Å². The number of H-pyrrole nitrogens is 1. The molecule has 0 unspecified atom stereocenters. The van der Waals surface area contributed by atoms with Crippen LogP contribution in [-0.4, -0.2) is 16.0 Å². The van der Waals surface area contributed by atoms with E-state index in [1.54, 1.807) is 17.5 Å². The number of hydrogen-bond acceptors (Lipinski definition) is 3. The van der Waals surface area contributed by atoms with Crippen molar-refractivity contribution in [3.63, 3.8) is 0 Å². The van der Waals surface area contributed by atoms with Crippen LogP contribution in [0.2, 0.25) is 0 Å². The van der Waals surface area contributed by atoms with Crippen molar-refractivity contribution in [2.24, 2.45) is 5.73 Å². The summed E-state index contributed by atoms with van der Waals surface area (Å²) in [7, 11) is 0. The van der Waals surface area contributed by atoms with Gasteiger partial charge in [-0.1, -0.05) is 0 Å². The molecule has 0 aliphatic rings. The van der Waals surface area contributed by atoms with E-state index in [9.17, 15) is 0 Å². The molecule has 0 saturated carbocycles. The summed E-state index contributed by atoms with van der Waals surface area (Å²) in [6, 6.07) is 1.96. The van der Waals surface area contributed by atoms with Gasteiger partial charge in [-0.05, 0) is 11.4 Å². The van der Waals surface area contributed by atoms with Crippen LogP contribution in [0.1, 0.15) is 5.56 Å². The Hall–Kier alpha value is -1.62. The van der Waals surface area contributed by atoms with Gasteiger partial charge in [0.1, 0.15) is 5.84 Å². The number of rotatable bonds is 2. The van der Waals surface area contributed by atoms with E-state index in [0.29, 0.717) is 5.56 Å². The van der Waals surface area contributed by atoms with Gasteiger partial charge in [-0.3, -0.25) is 10.5 Å². The lowest BCUT2D eigenvalue weighted by molar-refractivity contribution is 1.10. The minimum atomic E-state index is 0.0370. The maximum atomic E-state index is 7.32. The standard InChI is InChI=1S/C8H8N4S/c9-8(10)6-3-11-12-7(6)5-1-2-13-4-5/h1-4H,(H3,9,10)(H,11,12). The summed E-state index contributed by atoms with van der Waals surface area (Å²) in [6.07, 6.45) is 1.56. The molecule has 4 nitrogen and oxygen atoms in total. The van der Waals surface area contributed by atoms with Crippen LogP contribution in [-0.2, 0) is 0 Å². The molecule has 0 atom stereocenters. The lowest BCUT2D eigenvalue weighted by atomic mass is 10.1.